The van der Waals surface area contributed by atoms with Crippen molar-refractivity contribution in [3.8, 4) is 6.26 Å². The summed E-state index contributed by atoms with van der Waals surface area (Å²) in [4.78, 5) is 20.9. The van der Waals surface area contributed by atoms with Crippen molar-refractivity contribution in [3.63, 3.8) is 0 Å². The minimum Gasteiger partial charge on any atom is -0.478 e. The summed E-state index contributed by atoms with van der Waals surface area (Å²) >= 11 is 0. The molecule has 15 heavy (non-hydrogen) atoms. The number of carbonyl (C=O) groups is 2. The molecule has 0 aliphatic heterocycles. The van der Waals surface area contributed by atoms with Crippen molar-refractivity contribution in [1.29, 1.82) is 5.26 Å². The highest BCUT2D eigenvalue weighted by atomic mass is 16.5. The number of aliphatic carboxylic acids is 2. The zero-order chi connectivity index (χ0) is 12.0. The van der Waals surface area contributed by atoms with Crippen molar-refractivity contribution in [1.82, 2.24) is 0 Å². The number of carboxylic acid groups (broad SMARTS) is 2. The Kier molecular flexibility index (Phi) is 4.61. The Morgan fingerprint density at radius 1 is 1.33 bits per heavy atom. The van der Waals surface area contributed by atoms with Crippen LogP contribution in [0, 0.1) is 11.5 Å². The summed E-state index contributed by atoms with van der Waals surface area (Å²) < 4.78 is 4.40. The van der Waals surface area contributed by atoms with Gasteiger partial charge in [0.25, 0.3) is 6.26 Å². The van der Waals surface area contributed by atoms with E-state index in [2.05, 4.69) is 4.74 Å². The van der Waals surface area contributed by atoms with Crippen molar-refractivity contribution < 1.29 is 24.5 Å². The Labute approximate surface area is 85.7 Å². The van der Waals surface area contributed by atoms with Crippen LogP contribution in [-0.2, 0) is 14.3 Å². The average Bonchev–Trinajstić information content (AvgIpc) is 2.11. The van der Waals surface area contributed by atoms with E-state index >= 15 is 0 Å². The van der Waals surface area contributed by atoms with Gasteiger partial charge in [0.2, 0.25) is 0 Å². The zero-order valence-corrected chi connectivity index (χ0v) is 8.14. The molecule has 0 rings (SSSR count). The fourth-order valence-electron chi connectivity index (χ4n) is 0.846. The summed E-state index contributed by atoms with van der Waals surface area (Å²) in [5.74, 6) is -2.78. The Hall–Kier alpha value is -2.29. The molecule has 6 nitrogen and oxygen atoms in total. The molecule has 0 fully saturated rings. The lowest BCUT2D eigenvalue weighted by Crippen LogP contribution is -2.04. The number of ether oxygens (including phenoxy) is 1. The first-order valence-corrected chi connectivity index (χ1v) is 3.81. The van der Waals surface area contributed by atoms with Gasteiger partial charge in [0.1, 0.15) is 0 Å². The first-order chi connectivity index (χ1) is 6.90. The molecule has 0 atom stereocenters. The van der Waals surface area contributed by atoms with Crippen LogP contribution in [0.15, 0.2) is 23.0 Å². The second-order valence-electron chi connectivity index (χ2n) is 2.62. The van der Waals surface area contributed by atoms with Gasteiger partial charge in [-0.05, 0) is 13.8 Å². The fraction of sp³-hybridized carbons (Fsp3) is 0.222. The predicted molar refractivity (Wildman–Crippen MR) is 48.4 cm³/mol. The average molecular weight is 211 g/mol. The highest BCUT2D eigenvalue weighted by Crippen LogP contribution is 2.15. The molecule has 6 heteroatoms. The summed E-state index contributed by atoms with van der Waals surface area (Å²) in [7, 11) is 0. The second kappa shape index (κ2) is 5.44. The maximum atomic E-state index is 10.6. The molecule has 2 N–H and O–H groups in total. The van der Waals surface area contributed by atoms with Crippen LogP contribution in [0.4, 0.5) is 0 Å². The van der Waals surface area contributed by atoms with E-state index in [1.54, 1.807) is 0 Å². The number of nitrogens with zero attached hydrogens (tertiary/aromatic N) is 1. The molecule has 0 unspecified atom stereocenters. The van der Waals surface area contributed by atoms with E-state index < -0.39 is 11.9 Å². The van der Waals surface area contributed by atoms with Crippen LogP contribution in [-0.4, -0.2) is 22.2 Å². The molecule has 0 radical (unpaired) electrons. The molecule has 0 spiro atoms. The summed E-state index contributed by atoms with van der Waals surface area (Å²) in [6.45, 7) is 2.56. The molecule has 0 aliphatic carbocycles. The summed E-state index contributed by atoms with van der Waals surface area (Å²) in [5.41, 5.74) is -0.171. The SMILES string of the molecule is CC(=CC(=O)O)C(OC#N)=C(C)C(=O)O. The Bertz CT molecular complexity index is 386. The number of hydrogen-bond acceptors (Lipinski definition) is 4. The van der Waals surface area contributed by atoms with Gasteiger partial charge in [0.15, 0.2) is 5.76 Å². The zero-order valence-electron chi connectivity index (χ0n) is 8.14. The summed E-state index contributed by atoms with van der Waals surface area (Å²) in [5, 5.41) is 25.4. The summed E-state index contributed by atoms with van der Waals surface area (Å²) in [6, 6.07) is 0. The number of nitriles is 1. The lowest BCUT2D eigenvalue weighted by atomic mass is 10.1. The largest absolute Gasteiger partial charge is 0.478 e. The van der Waals surface area contributed by atoms with Crippen LogP contribution in [0.3, 0.4) is 0 Å². The molecule has 0 heterocycles. The predicted octanol–water partition coefficient (Wildman–Crippen LogP) is 0.874. The van der Waals surface area contributed by atoms with E-state index in [9.17, 15) is 9.59 Å². The standard InChI is InChI=1S/C9H9NO5/c1-5(3-7(11)12)8(15-4-10)6(2)9(13)14/h3H,1-2H3,(H,11,12)(H,13,14). The molecule has 0 aromatic heterocycles. The molecule has 0 aromatic rings. The van der Waals surface area contributed by atoms with Crippen LogP contribution in [0.5, 0.6) is 0 Å². The van der Waals surface area contributed by atoms with Crippen molar-refractivity contribution in [2.24, 2.45) is 0 Å². The van der Waals surface area contributed by atoms with Crippen molar-refractivity contribution >= 4 is 11.9 Å². The molecule has 0 aliphatic rings. The van der Waals surface area contributed by atoms with Crippen molar-refractivity contribution in [2.75, 3.05) is 0 Å². The Morgan fingerprint density at radius 2 is 1.87 bits per heavy atom. The number of hydrogen-bond donors (Lipinski definition) is 2. The van der Waals surface area contributed by atoms with Gasteiger partial charge in [-0.1, -0.05) is 0 Å². The maximum Gasteiger partial charge on any atom is 0.335 e. The first-order valence-electron chi connectivity index (χ1n) is 3.81. The molecule has 0 bridgehead atoms. The lowest BCUT2D eigenvalue weighted by molar-refractivity contribution is -0.133. The normalized spacial score (nSPS) is 12.5. The number of carboxylic acids is 2. The van der Waals surface area contributed by atoms with E-state index in [-0.39, 0.29) is 16.9 Å². The molecular formula is C9H9NO5. The van der Waals surface area contributed by atoms with Crippen molar-refractivity contribution in [3.05, 3.63) is 23.0 Å². The van der Waals surface area contributed by atoms with Gasteiger partial charge >= 0.3 is 11.9 Å². The van der Waals surface area contributed by atoms with Gasteiger partial charge in [0, 0.05) is 11.6 Å². The topological polar surface area (TPSA) is 108 Å². The number of allylic oxidation sites excluding steroid dienone is 1. The maximum absolute atomic E-state index is 10.6. The molecule has 0 aromatic carbocycles. The van der Waals surface area contributed by atoms with Crippen molar-refractivity contribution in [2.45, 2.75) is 13.8 Å². The van der Waals surface area contributed by atoms with Gasteiger partial charge in [0.05, 0.1) is 5.57 Å². The minimum absolute atomic E-state index is 0.0592. The third-order valence-electron chi connectivity index (χ3n) is 1.51. The fourth-order valence-corrected chi connectivity index (χ4v) is 0.846. The lowest BCUT2D eigenvalue weighted by Gasteiger charge is -2.05. The van der Waals surface area contributed by atoms with Gasteiger partial charge in [-0.3, -0.25) is 0 Å². The molecule has 0 saturated heterocycles. The van der Waals surface area contributed by atoms with Gasteiger partial charge in [-0.2, -0.15) is 0 Å². The third-order valence-corrected chi connectivity index (χ3v) is 1.51. The molecule has 0 amide bonds. The van der Waals surface area contributed by atoms with E-state index in [1.165, 1.54) is 20.1 Å². The van der Waals surface area contributed by atoms with Crippen LogP contribution in [0.1, 0.15) is 13.8 Å². The van der Waals surface area contributed by atoms with E-state index in [1.807, 2.05) is 0 Å². The molecular weight excluding hydrogens is 202 g/mol. The van der Waals surface area contributed by atoms with Gasteiger partial charge in [-0.25, -0.2) is 9.59 Å². The molecule has 0 saturated carbocycles. The quantitative estimate of drug-likeness (QED) is 0.309. The van der Waals surface area contributed by atoms with Crippen LogP contribution in [0.2, 0.25) is 0 Å². The Morgan fingerprint density at radius 3 is 2.20 bits per heavy atom. The highest BCUT2D eigenvalue weighted by Gasteiger charge is 2.14. The van der Waals surface area contributed by atoms with E-state index in [0.717, 1.165) is 6.08 Å². The first kappa shape index (κ1) is 12.7. The number of rotatable bonds is 4. The van der Waals surface area contributed by atoms with E-state index in [4.69, 9.17) is 15.5 Å². The van der Waals surface area contributed by atoms with Crippen LogP contribution < -0.4 is 0 Å². The van der Waals surface area contributed by atoms with E-state index in [0.29, 0.717) is 0 Å². The van der Waals surface area contributed by atoms with Gasteiger partial charge < -0.3 is 14.9 Å². The van der Waals surface area contributed by atoms with Crippen LogP contribution in [0.25, 0.3) is 0 Å². The summed E-state index contributed by atoms with van der Waals surface area (Å²) in [6.07, 6.45) is 2.07. The third kappa shape index (κ3) is 3.95. The van der Waals surface area contributed by atoms with Gasteiger partial charge in [-0.15, -0.1) is 5.26 Å². The monoisotopic (exact) mass is 211 g/mol. The molecule has 80 valence electrons. The smallest absolute Gasteiger partial charge is 0.335 e. The second-order valence-corrected chi connectivity index (χ2v) is 2.62. The Balaban J connectivity index is 5.35. The highest BCUT2D eigenvalue weighted by molar-refractivity contribution is 5.88. The van der Waals surface area contributed by atoms with Crippen LogP contribution >= 0.6 is 0 Å². The minimum atomic E-state index is -1.28.